The summed E-state index contributed by atoms with van der Waals surface area (Å²) in [5.74, 6) is -2.15. The van der Waals surface area contributed by atoms with E-state index in [1.165, 1.54) is 60.8 Å². The fourth-order valence-electron chi connectivity index (χ4n) is 4.50. The molecule has 1 saturated heterocycles. The zero-order valence-corrected chi connectivity index (χ0v) is 18.7. The van der Waals surface area contributed by atoms with Gasteiger partial charge in [-0.2, -0.15) is 18.4 Å². The van der Waals surface area contributed by atoms with E-state index in [2.05, 4.69) is 64.2 Å². The van der Waals surface area contributed by atoms with Gasteiger partial charge in [0.2, 0.25) is 0 Å². The molecule has 3 aromatic rings. The number of carboxylic acids is 1. The van der Waals surface area contributed by atoms with Crippen molar-refractivity contribution in [1.29, 1.82) is 5.26 Å². The SMILES string of the molecule is N#Cc1cc(-c2cccc3c2ccn3CCN2CCCC2)ccc1C1CC1.O=C(O)C(F)(F)F. The molecule has 1 N–H and O–H groups in total. The summed E-state index contributed by atoms with van der Waals surface area (Å²) in [6, 6.07) is 17.7. The maximum absolute atomic E-state index is 10.6. The molecule has 1 saturated carbocycles. The molecule has 0 bridgehead atoms. The number of alkyl halides is 3. The number of benzene rings is 2. The highest BCUT2D eigenvalue weighted by molar-refractivity contribution is 5.95. The van der Waals surface area contributed by atoms with Gasteiger partial charge in [-0.3, -0.25) is 0 Å². The Hall–Kier alpha value is -3.31. The van der Waals surface area contributed by atoms with Crippen LogP contribution in [0.25, 0.3) is 22.0 Å². The lowest BCUT2D eigenvalue weighted by molar-refractivity contribution is -0.192. The molecule has 1 aromatic heterocycles. The molecule has 2 aliphatic rings. The van der Waals surface area contributed by atoms with Crippen LogP contribution in [0.4, 0.5) is 13.2 Å². The maximum Gasteiger partial charge on any atom is 0.490 e. The summed E-state index contributed by atoms with van der Waals surface area (Å²) >= 11 is 0. The van der Waals surface area contributed by atoms with E-state index in [4.69, 9.17) is 9.90 Å². The normalized spacial score (nSPS) is 16.2. The Morgan fingerprint density at radius 1 is 1.09 bits per heavy atom. The molecule has 178 valence electrons. The summed E-state index contributed by atoms with van der Waals surface area (Å²) in [6.45, 7) is 4.66. The van der Waals surface area contributed by atoms with Crippen molar-refractivity contribution in [2.75, 3.05) is 19.6 Å². The number of carbonyl (C=O) groups is 1. The molecule has 0 amide bonds. The second kappa shape index (κ2) is 9.90. The van der Waals surface area contributed by atoms with Crippen LogP contribution in [0.5, 0.6) is 0 Å². The molecule has 5 rings (SSSR count). The molecule has 2 fully saturated rings. The van der Waals surface area contributed by atoms with E-state index in [0.29, 0.717) is 5.92 Å². The first kappa shape index (κ1) is 23.8. The Kier molecular flexibility index (Phi) is 6.94. The number of nitriles is 1. The van der Waals surface area contributed by atoms with Crippen LogP contribution in [0.15, 0.2) is 48.7 Å². The Balaban J connectivity index is 0.000000344. The second-order valence-corrected chi connectivity index (χ2v) is 8.79. The van der Waals surface area contributed by atoms with Gasteiger partial charge in [0.15, 0.2) is 0 Å². The van der Waals surface area contributed by atoms with E-state index in [1.807, 2.05) is 0 Å². The first-order valence-corrected chi connectivity index (χ1v) is 11.4. The molecular weight excluding hydrogens is 443 g/mol. The summed E-state index contributed by atoms with van der Waals surface area (Å²) in [7, 11) is 0. The predicted molar refractivity (Wildman–Crippen MR) is 123 cm³/mol. The number of nitrogens with zero attached hydrogens (tertiary/aromatic N) is 3. The quantitative estimate of drug-likeness (QED) is 0.514. The van der Waals surface area contributed by atoms with Crippen LogP contribution in [0.1, 0.15) is 42.7 Å². The van der Waals surface area contributed by atoms with Gasteiger partial charge in [-0.1, -0.05) is 24.3 Å². The minimum absolute atomic E-state index is 0.608. The van der Waals surface area contributed by atoms with Crippen LogP contribution >= 0.6 is 0 Å². The molecule has 34 heavy (non-hydrogen) atoms. The smallest absolute Gasteiger partial charge is 0.475 e. The first-order valence-electron chi connectivity index (χ1n) is 11.4. The molecule has 0 radical (unpaired) electrons. The van der Waals surface area contributed by atoms with E-state index in [1.54, 1.807) is 0 Å². The predicted octanol–water partition coefficient (Wildman–Crippen LogP) is 5.79. The summed E-state index contributed by atoms with van der Waals surface area (Å²) in [5, 5.41) is 18.0. The Bertz CT molecular complexity index is 1220. The average Bonchev–Trinajstić information content (AvgIpc) is 3.36. The number of likely N-dealkylation sites (tertiary alicyclic amines) is 1. The third-order valence-corrected chi connectivity index (χ3v) is 6.41. The third-order valence-electron chi connectivity index (χ3n) is 6.41. The fraction of sp³-hybridized carbons (Fsp3) is 0.385. The van der Waals surface area contributed by atoms with Gasteiger partial charge in [0.25, 0.3) is 0 Å². The lowest BCUT2D eigenvalue weighted by atomic mass is 9.96. The molecule has 0 atom stereocenters. The number of aliphatic carboxylic acids is 1. The largest absolute Gasteiger partial charge is 0.490 e. The van der Waals surface area contributed by atoms with E-state index in [0.717, 1.165) is 24.2 Å². The molecule has 0 spiro atoms. The standard InChI is InChI=1S/C24H25N3.C2HF3O2/c25-17-20-16-19(8-9-21(20)18-6-7-18)22-4-3-5-24-23(22)10-13-27(24)15-14-26-11-1-2-12-26;3-2(4,5)1(6)7/h3-5,8-10,13,16,18H,1-2,6-7,11-12,14-15H2;(H,6,7). The maximum atomic E-state index is 10.6. The highest BCUT2D eigenvalue weighted by Gasteiger charge is 2.38. The van der Waals surface area contributed by atoms with Crippen molar-refractivity contribution in [2.24, 2.45) is 0 Å². The summed E-state index contributed by atoms with van der Waals surface area (Å²) in [6.07, 6.45) is 2.27. The van der Waals surface area contributed by atoms with Crippen LogP contribution < -0.4 is 0 Å². The van der Waals surface area contributed by atoms with Crippen LogP contribution in [0.3, 0.4) is 0 Å². The highest BCUT2D eigenvalue weighted by atomic mass is 19.4. The topological polar surface area (TPSA) is 69.3 Å². The monoisotopic (exact) mass is 469 g/mol. The number of rotatable bonds is 5. The number of fused-ring (bicyclic) bond motifs is 1. The number of hydrogen-bond donors (Lipinski definition) is 1. The van der Waals surface area contributed by atoms with Gasteiger partial charge in [-0.15, -0.1) is 0 Å². The molecule has 1 aliphatic heterocycles. The zero-order chi connectivity index (χ0) is 24.3. The van der Waals surface area contributed by atoms with E-state index < -0.39 is 12.1 Å². The van der Waals surface area contributed by atoms with Gasteiger partial charge in [0.05, 0.1) is 11.6 Å². The zero-order valence-electron chi connectivity index (χ0n) is 18.7. The van der Waals surface area contributed by atoms with Crippen molar-refractivity contribution >= 4 is 16.9 Å². The van der Waals surface area contributed by atoms with Crippen molar-refractivity contribution in [3.05, 3.63) is 59.8 Å². The van der Waals surface area contributed by atoms with E-state index in [-0.39, 0.29) is 0 Å². The van der Waals surface area contributed by atoms with Crippen molar-refractivity contribution in [3.63, 3.8) is 0 Å². The molecule has 8 heteroatoms. The van der Waals surface area contributed by atoms with Crippen LogP contribution in [-0.4, -0.2) is 46.4 Å². The molecule has 2 heterocycles. The van der Waals surface area contributed by atoms with Gasteiger partial charge >= 0.3 is 12.1 Å². The summed E-state index contributed by atoms with van der Waals surface area (Å²) in [4.78, 5) is 11.5. The summed E-state index contributed by atoms with van der Waals surface area (Å²) in [5.41, 5.74) is 5.75. The van der Waals surface area contributed by atoms with Crippen LogP contribution in [-0.2, 0) is 11.3 Å². The lowest BCUT2D eigenvalue weighted by Gasteiger charge is -2.15. The van der Waals surface area contributed by atoms with E-state index in [9.17, 15) is 18.4 Å². The van der Waals surface area contributed by atoms with Crippen LogP contribution in [0.2, 0.25) is 0 Å². The number of halogens is 3. The second-order valence-electron chi connectivity index (χ2n) is 8.79. The number of carboxylic acid groups (broad SMARTS) is 1. The van der Waals surface area contributed by atoms with Gasteiger partial charge in [-0.05, 0) is 79.6 Å². The van der Waals surface area contributed by atoms with Gasteiger partial charge in [-0.25, -0.2) is 4.79 Å². The minimum atomic E-state index is -5.08. The Morgan fingerprint density at radius 2 is 1.79 bits per heavy atom. The van der Waals surface area contributed by atoms with Crippen molar-refractivity contribution in [1.82, 2.24) is 9.47 Å². The fourth-order valence-corrected chi connectivity index (χ4v) is 4.50. The number of hydrogen-bond acceptors (Lipinski definition) is 3. The number of aromatic nitrogens is 1. The van der Waals surface area contributed by atoms with Crippen molar-refractivity contribution in [3.8, 4) is 17.2 Å². The van der Waals surface area contributed by atoms with Gasteiger partial charge < -0.3 is 14.6 Å². The molecular formula is C26H26F3N3O2. The van der Waals surface area contributed by atoms with Gasteiger partial charge in [0, 0.05) is 30.2 Å². The minimum Gasteiger partial charge on any atom is -0.475 e. The Morgan fingerprint density at radius 3 is 2.41 bits per heavy atom. The van der Waals surface area contributed by atoms with Gasteiger partial charge in [0.1, 0.15) is 0 Å². The first-order chi connectivity index (χ1) is 16.3. The Labute approximate surface area is 196 Å². The molecule has 5 nitrogen and oxygen atoms in total. The molecule has 0 unspecified atom stereocenters. The van der Waals surface area contributed by atoms with E-state index >= 15 is 0 Å². The van der Waals surface area contributed by atoms with Crippen molar-refractivity contribution < 1.29 is 23.1 Å². The molecule has 2 aromatic carbocycles. The van der Waals surface area contributed by atoms with Crippen molar-refractivity contribution in [2.45, 2.75) is 44.3 Å². The lowest BCUT2D eigenvalue weighted by Crippen LogP contribution is -2.23. The third kappa shape index (κ3) is 5.42. The van der Waals surface area contributed by atoms with Crippen LogP contribution in [0, 0.1) is 11.3 Å². The molecule has 1 aliphatic carbocycles. The summed E-state index contributed by atoms with van der Waals surface area (Å²) < 4.78 is 34.1. The highest BCUT2D eigenvalue weighted by Crippen LogP contribution is 2.42. The average molecular weight is 470 g/mol.